The van der Waals surface area contributed by atoms with Crippen LogP contribution in [0, 0.1) is 13.8 Å². The van der Waals surface area contributed by atoms with Crippen LogP contribution in [0.3, 0.4) is 0 Å². The van der Waals surface area contributed by atoms with Crippen molar-refractivity contribution in [2.24, 2.45) is 0 Å². The Morgan fingerprint density at radius 1 is 1.07 bits per heavy atom. The summed E-state index contributed by atoms with van der Waals surface area (Å²) >= 11 is 0. The molecule has 0 aliphatic carbocycles. The molecular formula is C24H26N4O. The molecule has 148 valence electrons. The van der Waals surface area contributed by atoms with Gasteiger partial charge in [0.25, 0.3) is 0 Å². The number of aromatic nitrogens is 3. The normalized spacial score (nSPS) is 12.4. The molecule has 0 aliphatic heterocycles. The third-order valence-corrected chi connectivity index (χ3v) is 5.42. The summed E-state index contributed by atoms with van der Waals surface area (Å²) in [6.45, 7) is 7.12. The molecule has 1 unspecified atom stereocenters. The van der Waals surface area contributed by atoms with E-state index in [0.717, 1.165) is 29.2 Å². The lowest BCUT2D eigenvalue weighted by Gasteiger charge is -2.22. The molecule has 29 heavy (non-hydrogen) atoms. The Morgan fingerprint density at radius 2 is 1.86 bits per heavy atom. The fraction of sp³-hybridized carbons (Fsp3) is 0.250. The molecule has 0 N–H and O–H groups in total. The van der Waals surface area contributed by atoms with Gasteiger partial charge in [0.2, 0.25) is 0 Å². The fourth-order valence-electron chi connectivity index (χ4n) is 3.52. The van der Waals surface area contributed by atoms with Crippen LogP contribution >= 0.6 is 0 Å². The highest BCUT2D eigenvalue weighted by Gasteiger charge is 2.19. The van der Waals surface area contributed by atoms with Crippen LogP contribution in [0.15, 0.2) is 71.6 Å². The van der Waals surface area contributed by atoms with Gasteiger partial charge in [0.1, 0.15) is 12.0 Å². The van der Waals surface area contributed by atoms with Gasteiger partial charge in [-0.15, -0.1) is 0 Å². The Bertz CT molecular complexity index is 1080. The van der Waals surface area contributed by atoms with Crippen molar-refractivity contribution < 1.29 is 4.52 Å². The summed E-state index contributed by atoms with van der Waals surface area (Å²) in [7, 11) is 2.10. The zero-order chi connectivity index (χ0) is 20.4. The number of rotatable bonds is 6. The van der Waals surface area contributed by atoms with Crippen LogP contribution in [0.4, 0.5) is 0 Å². The van der Waals surface area contributed by atoms with Crippen molar-refractivity contribution in [1.82, 2.24) is 19.8 Å². The highest BCUT2D eigenvalue weighted by atomic mass is 16.5. The van der Waals surface area contributed by atoms with Gasteiger partial charge in [-0.3, -0.25) is 4.90 Å². The van der Waals surface area contributed by atoms with Crippen molar-refractivity contribution in [3.8, 4) is 16.9 Å². The minimum atomic E-state index is 0.140. The van der Waals surface area contributed by atoms with Crippen LogP contribution < -0.4 is 0 Å². The lowest BCUT2D eigenvalue weighted by Crippen LogP contribution is -2.22. The lowest BCUT2D eigenvalue weighted by atomic mass is 10.1. The first-order valence-corrected chi connectivity index (χ1v) is 9.85. The van der Waals surface area contributed by atoms with Gasteiger partial charge in [-0.2, -0.15) is 5.10 Å². The smallest absolute Gasteiger partial charge is 0.124 e. The van der Waals surface area contributed by atoms with Gasteiger partial charge in [0, 0.05) is 29.9 Å². The average Bonchev–Trinajstić information content (AvgIpc) is 3.40. The predicted molar refractivity (Wildman–Crippen MR) is 115 cm³/mol. The van der Waals surface area contributed by atoms with Crippen molar-refractivity contribution in [3.63, 3.8) is 0 Å². The number of benzene rings is 2. The van der Waals surface area contributed by atoms with Gasteiger partial charge < -0.3 is 4.52 Å². The number of nitrogens with zero attached hydrogens (tertiary/aromatic N) is 4. The second-order valence-electron chi connectivity index (χ2n) is 7.62. The van der Waals surface area contributed by atoms with Gasteiger partial charge in [-0.1, -0.05) is 47.6 Å². The van der Waals surface area contributed by atoms with Crippen LogP contribution in [0.25, 0.3) is 16.9 Å². The van der Waals surface area contributed by atoms with E-state index in [1.807, 2.05) is 16.8 Å². The zero-order valence-electron chi connectivity index (χ0n) is 17.3. The minimum Gasteiger partial charge on any atom is -0.364 e. The number of aryl methyl sites for hydroxylation is 2. The largest absolute Gasteiger partial charge is 0.364 e. The van der Waals surface area contributed by atoms with Crippen LogP contribution in [-0.2, 0) is 6.54 Å². The molecular weight excluding hydrogens is 360 g/mol. The monoisotopic (exact) mass is 386 g/mol. The standard InChI is InChI=1S/C24H26N4O/c1-17-10-11-18(2)23(14-17)28-16-21(24(25-28)20-8-6-5-7-9-20)15-27(4)19(3)22-12-13-29-26-22/h5-14,16,19H,15H2,1-4H3. The van der Waals surface area contributed by atoms with E-state index in [2.05, 4.69) is 86.5 Å². The molecule has 0 bridgehead atoms. The Labute approximate surface area is 171 Å². The maximum Gasteiger partial charge on any atom is 0.124 e. The zero-order valence-corrected chi connectivity index (χ0v) is 17.3. The number of hydrogen-bond acceptors (Lipinski definition) is 4. The van der Waals surface area contributed by atoms with Gasteiger partial charge >= 0.3 is 0 Å². The summed E-state index contributed by atoms with van der Waals surface area (Å²) < 4.78 is 7.03. The minimum absolute atomic E-state index is 0.140. The second-order valence-corrected chi connectivity index (χ2v) is 7.62. The predicted octanol–water partition coefficient (Wildman–Crippen LogP) is 5.34. The molecule has 5 heteroatoms. The molecule has 2 heterocycles. The lowest BCUT2D eigenvalue weighted by molar-refractivity contribution is 0.241. The van der Waals surface area contributed by atoms with E-state index in [-0.39, 0.29) is 6.04 Å². The van der Waals surface area contributed by atoms with E-state index in [1.54, 1.807) is 6.26 Å². The first kappa shape index (κ1) is 19.2. The molecule has 1 atom stereocenters. The van der Waals surface area contributed by atoms with Crippen LogP contribution in [0.2, 0.25) is 0 Å². The van der Waals surface area contributed by atoms with Crippen LogP contribution in [0.1, 0.15) is 35.3 Å². The quantitative estimate of drug-likeness (QED) is 0.449. The van der Waals surface area contributed by atoms with Gasteiger partial charge in [-0.05, 0) is 45.0 Å². The van der Waals surface area contributed by atoms with E-state index < -0.39 is 0 Å². The van der Waals surface area contributed by atoms with Crippen molar-refractivity contribution in [1.29, 1.82) is 0 Å². The van der Waals surface area contributed by atoms with E-state index in [1.165, 1.54) is 16.7 Å². The summed E-state index contributed by atoms with van der Waals surface area (Å²) in [5, 5.41) is 9.08. The Morgan fingerprint density at radius 3 is 2.59 bits per heavy atom. The highest BCUT2D eigenvalue weighted by Crippen LogP contribution is 2.28. The first-order chi connectivity index (χ1) is 14.0. The molecule has 0 saturated carbocycles. The Kier molecular flexibility index (Phi) is 5.32. The third kappa shape index (κ3) is 4.00. The van der Waals surface area contributed by atoms with Gasteiger partial charge in [0.05, 0.1) is 17.4 Å². The molecule has 4 rings (SSSR count). The Balaban J connectivity index is 1.73. The van der Waals surface area contributed by atoms with Crippen molar-refractivity contribution in [2.45, 2.75) is 33.4 Å². The summed E-state index contributed by atoms with van der Waals surface area (Å²) in [6.07, 6.45) is 3.77. The maximum atomic E-state index is 5.02. The number of hydrogen-bond donors (Lipinski definition) is 0. The molecule has 2 aromatic carbocycles. The van der Waals surface area contributed by atoms with E-state index in [0.29, 0.717) is 0 Å². The maximum absolute atomic E-state index is 5.02. The SMILES string of the molecule is Cc1ccc(C)c(-n2cc(CN(C)C(C)c3ccon3)c(-c3ccccc3)n2)c1. The van der Waals surface area contributed by atoms with E-state index in [4.69, 9.17) is 9.62 Å². The Hall–Kier alpha value is -3.18. The molecule has 0 aliphatic rings. The van der Waals surface area contributed by atoms with Crippen molar-refractivity contribution >= 4 is 0 Å². The molecule has 4 aromatic rings. The summed E-state index contributed by atoms with van der Waals surface area (Å²) in [5.41, 5.74) is 7.76. The van der Waals surface area contributed by atoms with Gasteiger partial charge in [0.15, 0.2) is 0 Å². The fourth-order valence-corrected chi connectivity index (χ4v) is 3.52. The van der Waals surface area contributed by atoms with E-state index >= 15 is 0 Å². The molecule has 0 fully saturated rings. The molecule has 0 amide bonds. The topological polar surface area (TPSA) is 47.1 Å². The van der Waals surface area contributed by atoms with Gasteiger partial charge in [-0.25, -0.2) is 4.68 Å². The van der Waals surface area contributed by atoms with Crippen LogP contribution in [0.5, 0.6) is 0 Å². The summed E-state index contributed by atoms with van der Waals surface area (Å²) in [5.74, 6) is 0. The molecule has 2 aromatic heterocycles. The second kappa shape index (κ2) is 8.05. The first-order valence-electron chi connectivity index (χ1n) is 9.85. The molecule has 5 nitrogen and oxygen atoms in total. The highest BCUT2D eigenvalue weighted by molar-refractivity contribution is 5.63. The third-order valence-electron chi connectivity index (χ3n) is 5.42. The molecule has 0 saturated heterocycles. The summed E-state index contributed by atoms with van der Waals surface area (Å²) in [6, 6.07) is 18.9. The van der Waals surface area contributed by atoms with E-state index in [9.17, 15) is 0 Å². The molecule has 0 spiro atoms. The summed E-state index contributed by atoms with van der Waals surface area (Å²) in [4.78, 5) is 2.26. The van der Waals surface area contributed by atoms with Crippen molar-refractivity contribution in [2.75, 3.05) is 7.05 Å². The molecule has 0 radical (unpaired) electrons. The van der Waals surface area contributed by atoms with Crippen molar-refractivity contribution in [3.05, 3.63) is 89.4 Å². The van der Waals surface area contributed by atoms with Crippen LogP contribution in [-0.4, -0.2) is 26.9 Å². The average molecular weight is 386 g/mol.